The van der Waals surface area contributed by atoms with Gasteiger partial charge in [0, 0.05) is 23.8 Å². The van der Waals surface area contributed by atoms with Crippen LogP contribution >= 0.6 is 11.6 Å². The highest BCUT2D eigenvalue weighted by atomic mass is 35.5. The molecule has 3 aromatic rings. The van der Waals surface area contributed by atoms with Crippen LogP contribution in [0.5, 0.6) is 0 Å². The van der Waals surface area contributed by atoms with Crippen molar-refractivity contribution in [3.05, 3.63) is 88.9 Å². The minimum Gasteiger partial charge on any atom is -0.372 e. The standard InChI is InChI=1S/C28H32ClN3O3S/c1-21-26(29)12-9-13-27(21)32(36(34,35)25-10-5-3-6-11-25)20-28(33)30-22(2)23-14-16-24(17-15-23)31-18-7-4-8-19-31/h3,5-6,9-17,22H,4,7-8,18-20H2,1-2H3,(H,30,33). The summed E-state index contributed by atoms with van der Waals surface area (Å²) in [6.07, 6.45) is 3.70. The van der Waals surface area contributed by atoms with Gasteiger partial charge in [-0.15, -0.1) is 0 Å². The molecule has 0 spiro atoms. The van der Waals surface area contributed by atoms with Crippen molar-refractivity contribution in [1.82, 2.24) is 5.32 Å². The Labute approximate surface area is 218 Å². The number of nitrogens with one attached hydrogen (secondary N) is 1. The number of benzene rings is 3. The van der Waals surface area contributed by atoms with Gasteiger partial charge in [-0.25, -0.2) is 8.42 Å². The lowest BCUT2D eigenvalue weighted by Gasteiger charge is -2.29. The predicted octanol–water partition coefficient (Wildman–Crippen LogP) is 5.71. The maximum absolute atomic E-state index is 13.6. The van der Waals surface area contributed by atoms with Crippen molar-refractivity contribution in [3.63, 3.8) is 0 Å². The highest BCUT2D eigenvalue weighted by Crippen LogP contribution is 2.31. The van der Waals surface area contributed by atoms with Crippen molar-refractivity contribution < 1.29 is 13.2 Å². The SMILES string of the molecule is Cc1c(Cl)cccc1N(CC(=O)NC(C)c1ccc(N2CCCCC2)cc1)S(=O)(=O)c1ccccc1. The zero-order valence-electron chi connectivity index (χ0n) is 20.7. The van der Waals surface area contributed by atoms with E-state index in [-0.39, 0.29) is 17.5 Å². The van der Waals surface area contributed by atoms with Crippen LogP contribution in [-0.4, -0.2) is 34.0 Å². The number of carbonyl (C=O) groups excluding carboxylic acids is 1. The molecule has 1 amide bonds. The molecule has 1 saturated heterocycles. The third kappa shape index (κ3) is 5.85. The van der Waals surface area contributed by atoms with Crippen molar-refractivity contribution in [2.75, 3.05) is 28.8 Å². The van der Waals surface area contributed by atoms with Gasteiger partial charge in [-0.1, -0.05) is 48.0 Å². The smallest absolute Gasteiger partial charge is 0.264 e. The lowest BCUT2D eigenvalue weighted by molar-refractivity contribution is -0.120. The molecule has 6 nitrogen and oxygen atoms in total. The summed E-state index contributed by atoms with van der Waals surface area (Å²) in [5.74, 6) is -0.401. The number of piperidine rings is 1. The summed E-state index contributed by atoms with van der Waals surface area (Å²) in [5, 5.41) is 3.40. The Morgan fingerprint density at radius 2 is 1.64 bits per heavy atom. The lowest BCUT2D eigenvalue weighted by Crippen LogP contribution is -2.42. The van der Waals surface area contributed by atoms with E-state index in [0.29, 0.717) is 16.3 Å². The Bertz CT molecular complexity index is 1290. The van der Waals surface area contributed by atoms with Gasteiger partial charge in [0.05, 0.1) is 16.6 Å². The summed E-state index contributed by atoms with van der Waals surface area (Å²) in [5.41, 5.74) is 3.11. The van der Waals surface area contributed by atoms with Gasteiger partial charge in [0.15, 0.2) is 0 Å². The monoisotopic (exact) mass is 525 g/mol. The van der Waals surface area contributed by atoms with Crippen molar-refractivity contribution in [2.45, 2.75) is 44.0 Å². The molecule has 0 radical (unpaired) electrons. The summed E-state index contributed by atoms with van der Waals surface area (Å²) >= 11 is 6.30. The molecule has 3 aromatic carbocycles. The second-order valence-electron chi connectivity index (χ2n) is 9.14. The van der Waals surface area contributed by atoms with E-state index in [2.05, 4.69) is 22.3 Å². The van der Waals surface area contributed by atoms with E-state index in [4.69, 9.17) is 11.6 Å². The van der Waals surface area contributed by atoms with Gasteiger partial charge in [-0.2, -0.15) is 0 Å². The van der Waals surface area contributed by atoms with Crippen LogP contribution in [0.15, 0.2) is 77.7 Å². The summed E-state index contributed by atoms with van der Waals surface area (Å²) in [7, 11) is -4.00. The average molecular weight is 526 g/mol. The quantitative estimate of drug-likeness (QED) is 0.409. The normalized spacial score (nSPS) is 14.8. The van der Waals surface area contributed by atoms with Gasteiger partial charge in [-0.3, -0.25) is 9.10 Å². The number of sulfonamides is 1. The van der Waals surface area contributed by atoms with Gasteiger partial charge in [0.25, 0.3) is 10.0 Å². The van der Waals surface area contributed by atoms with Crippen LogP contribution in [0, 0.1) is 6.92 Å². The van der Waals surface area contributed by atoms with E-state index < -0.39 is 15.9 Å². The number of carbonyl (C=O) groups is 1. The third-order valence-electron chi connectivity index (χ3n) is 6.62. The van der Waals surface area contributed by atoms with E-state index >= 15 is 0 Å². The number of rotatable bonds is 8. The third-order valence-corrected chi connectivity index (χ3v) is 8.80. The van der Waals surface area contributed by atoms with E-state index in [1.165, 1.54) is 37.1 Å². The van der Waals surface area contributed by atoms with E-state index in [1.54, 1.807) is 43.3 Å². The molecule has 0 saturated carbocycles. The maximum atomic E-state index is 13.6. The summed E-state index contributed by atoms with van der Waals surface area (Å²) in [6, 6.07) is 21.1. The number of amides is 1. The molecule has 190 valence electrons. The van der Waals surface area contributed by atoms with Gasteiger partial charge in [0.1, 0.15) is 6.54 Å². The summed E-state index contributed by atoms with van der Waals surface area (Å²) < 4.78 is 28.3. The number of halogens is 1. The molecule has 1 fully saturated rings. The largest absolute Gasteiger partial charge is 0.372 e. The zero-order valence-corrected chi connectivity index (χ0v) is 22.2. The van der Waals surface area contributed by atoms with E-state index in [1.807, 2.05) is 19.1 Å². The lowest BCUT2D eigenvalue weighted by atomic mass is 10.1. The van der Waals surface area contributed by atoms with Crippen LogP contribution < -0.4 is 14.5 Å². The van der Waals surface area contributed by atoms with Crippen molar-refractivity contribution in [2.24, 2.45) is 0 Å². The van der Waals surface area contributed by atoms with E-state index in [0.717, 1.165) is 23.0 Å². The first-order valence-electron chi connectivity index (χ1n) is 12.2. The Morgan fingerprint density at radius 3 is 2.31 bits per heavy atom. The van der Waals surface area contributed by atoms with Gasteiger partial charge in [0.2, 0.25) is 5.91 Å². The molecule has 4 rings (SSSR count). The molecule has 1 unspecified atom stereocenters. The second kappa shape index (κ2) is 11.4. The number of hydrogen-bond acceptors (Lipinski definition) is 4. The molecule has 36 heavy (non-hydrogen) atoms. The van der Waals surface area contributed by atoms with E-state index in [9.17, 15) is 13.2 Å². The fourth-order valence-electron chi connectivity index (χ4n) is 4.51. The zero-order chi connectivity index (χ0) is 25.7. The first-order valence-corrected chi connectivity index (χ1v) is 14.1. The predicted molar refractivity (Wildman–Crippen MR) is 146 cm³/mol. The molecule has 1 aliphatic rings. The Kier molecular flexibility index (Phi) is 8.21. The Hall–Kier alpha value is -3.03. The fraction of sp³-hybridized carbons (Fsp3) is 0.321. The van der Waals surface area contributed by atoms with Gasteiger partial charge >= 0.3 is 0 Å². The van der Waals surface area contributed by atoms with Crippen LogP contribution in [0.25, 0.3) is 0 Å². The molecular weight excluding hydrogens is 494 g/mol. The second-order valence-corrected chi connectivity index (χ2v) is 11.4. The van der Waals surface area contributed by atoms with Crippen LogP contribution in [-0.2, 0) is 14.8 Å². The summed E-state index contributed by atoms with van der Waals surface area (Å²) in [6.45, 7) is 5.42. The highest BCUT2D eigenvalue weighted by Gasteiger charge is 2.29. The molecule has 1 N–H and O–H groups in total. The number of hydrogen-bond donors (Lipinski definition) is 1. The van der Waals surface area contributed by atoms with Gasteiger partial charge < -0.3 is 10.2 Å². The van der Waals surface area contributed by atoms with Crippen LogP contribution in [0.2, 0.25) is 5.02 Å². The average Bonchev–Trinajstić information content (AvgIpc) is 2.90. The molecule has 0 aliphatic carbocycles. The molecule has 1 heterocycles. The van der Waals surface area contributed by atoms with Crippen molar-refractivity contribution in [3.8, 4) is 0 Å². The Balaban J connectivity index is 1.53. The number of anilines is 2. The molecule has 1 aliphatic heterocycles. The highest BCUT2D eigenvalue weighted by molar-refractivity contribution is 7.92. The molecule has 0 aromatic heterocycles. The molecule has 0 bridgehead atoms. The first kappa shape index (κ1) is 26.0. The maximum Gasteiger partial charge on any atom is 0.264 e. The molecule has 8 heteroatoms. The van der Waals surface area contributed by atoms with Gasteiger partial charge in [-0.05, 0) is 80.6 Å². The molecule has 1 atom stereocenters. The number of nitrogens with zero attached hydrogens (tertiary/aromatic N) is 2. The minimum absolute atomic E-state index is 0.110. The molecular formula is C28H32ClN3O3S. The summed E-state index contributed by atoms with van der Waals surface area (Å²) in [4.78, 5) is 15.6. The van der Waals surface area contributed by atoms with Crippen molar-refractivity contribution in [1.29, 1.82) is 0 Å². The fourth-order valence-corrected chi connectivity index (χ4v) is 6.18. The van der Waals surface area contributed by atoms with Crippen LogP contribution in [0.4, 0.5) is 11.4 Å². The van der Waals surface area contributed by atoms with Crippen LogP contribution in [0.3, 0.4) is 0 Å². The minimum atomic E-state index is -4.00. The Morgan fingerprint density at radius 1 is 0.972 bits per heavy atom. The topological polar surface area (TPSA) is 69.7 Å². The van der Waals surface area contributed by atoms with Crippen LogP contribution in [0.1, 0.15) is 43.4 Å². The first-order chi connectivity index (χ1) is 17.3. The van der Waals surface area contributed by atoms with Crippen molar-refractivity contribution >= 4 is 38.9 Å².